The highest BCUT2D eigenvalue weighted by molar-refractivity contribution is 5.85. The number of hydrogen-bond acceptors (Lipinski definition) is 4. The van der Waals surface area contributed by atoms with Gasteiger partial charge >= 0.3 is 5.97 Å². The zero-order valence-corrected chi connectivity index (χ0v) is 7.06. The fourth-order valence-electron chi connectivity index (χ4n) is 1.45. The summed E-state index contributed by atoms with van der Waals surface area (Å²) in [4.78, 5) is 12.5. The van der Waals surface area contributed by atoms with Crippen molar-refractivity contribution < 1.29 is 14.4 Å². The van der Waals surface area contributed by atoms with E-state index >= 15 is 0 Å². The van der Waals surface area contributed by atoms with Crippen molar-refractivity contribution in [1.29, 1.82) is 0 Å². The summed E-state index contributed by atoms with van der Waals surface area (Å²) in [5.74, 6) is -0.482. The third kappa shape index (κ3) is 1.49. The number of anilines is 1. The molecule has 13 heavy (non-hydrogen) atoms. The van der Waals surface area contributed by atoms with Crippen molar-refractivity contribution in [2.45, 2.75) is 12.8 Å². The molecule has 0 amide bonds. The number of rotatable bonds is 2. The first-order valence-electron chi connectivity index (χ1n) is 4.22. The molecule has 1 aliphatic rings. The molecule has 5 heteroatoms. The molecule has 1 fully saturated rings. The van der Waals surface area contributed by atoms with Crippen molar-refractivity contribution in [3.63, 3.8) is 0 Å². The van der Waals surface area contributed by atoms with E-state index in [9.17, 15) is 4.79 Å². The van der Waals surface area contributed by atoms with Gasteiger partial charge in [-0.2, -0.15) is 0 Å². The average Bonchev–Trinajstić information content (AvgIpc) is 2.75. The maximum Gasteiger partial charge on any atom is 0.358 e. The van der Waals surface area contributed by atoms with Crippen LogP contribution in [0.4, 0.5) is 5.88 Å². The second-order valence-corrected chi connectivity index (χ2v) is 3.05. The Morgan fingerprint density at radius 3 is 2.77 bits per heavy atom. The highest BCUT2D eigenvalue weighted by atomic mass is 16.5. The molecular formula is C8H10N2O3. The molecule has 70 valence electrons. The second-order valence-electron chi connectivity index (χ2n) is 3.05. The van der Waals surface area contributed by atoms with Crippen LogP contribution in [0.25, 0.3) is 0 Å². The van der Waals surface area contributed by atoms with Crippen LogP contribution in [0.2, 0.25) is 0 Å². The fourth-order valence-corrected chi connectivity index (χ4v) is 1.45. The predicted octanol–water partition coefficient (Wildman–Crippen LogP) is 0.973. The van der Waals surface area contributed by atoms with Crippen LogP contribution in [-0.4, -0.2) is 29.3 Å². The van der Waals surface area contributed by atoms with Crippen molar-refractivity contribution in [3.8, 4) is 0 Å². The summed E-state index contributed by atoms with van der Waals surface area (Å²) in [6.45, 7) is 1.85. The Morgan fingerprint density at radius 1 is 1.54 bits per heavy atom. The molecule has 0 bridgehead atoms. The van der Waals surface area contributed by atoms with Gasteiger partial charge in [0.2, 0.25) is 5.88 Å². The number of carboxylic acids is 1. The Labute approximate surface area is 74.9 Å². The third-order valence-electron chi connectivity index (χ3n) is 2.13. The van der Waals surface area contributed by atoms with Crippen LogP contribution in [-0.2, 0) is 0 Å². The summed E-state index contributed by atoms with van der Waals surface area (Å²) in [6.07, 6.45) is 2.26. The largest absolute Gasteiger partial charge is 0.476 e. The Bertz CT molecular complexity index is 315. The molecule has 1 aliphatic heterocycles. The quantitative estimate of drug-likeness (QED) is 0.738. The zero-order valence-electron chi connectivity index (χ0n) is 7.06. The van der Waals surface area contributed by atoms with Crippen LogP contribution >= 0.6 is 0 Å². The normalized spacial score (nSPS) is 16.5. The molecule has 0 radical (unpaired) electrons. The Hall–Kier alpha value is -1.52. The van der Waals surface area contributed by atoms with Gasteiger partial charge < -0.3 is 14.5 Å². The van der Waals surface area contributed by atoms with E-state index in [1.54, 1.807) is 0 Å². The van der Waals surface area contributed by atoms with Gasteiger partial charge in [-0.25, -0.2) is 4.79 Å². The van der Waals surface area contributed by atoms with Crippen LogP contribution in [0.5, 0.6) is 0 Å². The van der Waals surface area contributed by atoms with Gasteiger partial charge in [0.25, 0.3) is 0 Å². The maximum atomic E-state index is 10.5. The lowest BCUT2D eigenvalue weighted by Crippen LogP contribution is -2.16. The van der Waals surface area contributed by atoms with Gasteiger partial charge in [-0.05, 0) is 12.8 Å². The van der Waals surface area contributed by atoms with Crippen LogP contribution in [0.3, 0.4) is 0 Å². The van der Waals surface area contributed by atoms with Gasteiger partial charge in [0.05, 0.1) is 0 Å². The Morgan fingerprint density at radius 2 is 2.23 bits per heavy atom. The van der Waals surface area contributed by atoms with Crippen molar-refractivity contribution >= 4 is 11.9 Å². The van der Waals surface area contributed by atoms with Crippen molar-refractivity contribution in [2.75, 3.05) is 18.0 Å². The number of carboxylic acid groups (broad SMARTS) is 1. The molecule has 0 aromatic carbocycles. The van der Waals surface area contributed by atoms with Gasteiger partial charge in [-0.3, -0.25) is 0 Å². The predicted molar refractivity (Wildman–Crippen MR) is 44.9 cm³/mol. The minimum Gasteiger partial charge on any atom is -0.476 e. The van der Waals surface area contributed by atoms with Crippen LogP contribution in [0.1, 0.15) is 23.3 Å². The summed E-state index contributed by atoms with van der Waals surface area (Å²) in [5, 5.41) is 12.0. The lowest BCUT2D eigenvalue weighted by molar-refractivity contribution is 0.0686. The molecule has 1 saturated heterocycles. The molecule has 0 spiro atoms. The minimum atomic E-state index is -1.05. The Kier molecular flexibility index (Phi) is 1.92. The molecule has 0 atom stereocenters. The van der Waals surface area contributed by atoms with E-state index in [0.717, 1.165) is 25.9 Å². The second kappa shape index (κ2) is 3.08. The number of hydrogen-bond donors (Lipinski definition) is 1. The smallest absolute Gasteiger partial charge is 0.358 e. The summed E-state index contributed by atoms with van der Waals surface area (Å²) in [5.41, 5.74) is -0.0260. The molecule has 1 aromatic heterocycles. The Balaban J connectivity index is 2.16. The van der Waals surface area contributed by atoms with Crippen molar-refractivity contribution in [3.05, 3.63) is 11.8 Å². The third-order valence-corrected chi connectivity index (χ3v) is 2.13. The molecule has 0 aliphatic carbocycles. The number of nitrogens with zero attached hydrogens (tertiary/aromatic N) is 2. The van der Waals surface area contributed by atoms with E-state index in [-0.39, 0.29) is 5.69 Å². The van der Waals surface area contributed by atoms with E-state index in [0.29, 0.717) is 5.88 Å². The average molecular weight is 182 g/mol. The summed E-state index contributed by atoms with van der Waals surface area (Å²) < 4.78 is 4.90. The first-order valence-corrected chi connectivity index (χ1v) is 4.22. The molecule has 5 nitrogen and oxygen atoms in total. The lowest BCUT2D eigenvalue weighted by Gasteiger charge is -2.10. The van der Waals surface area contributed by atoms with E-state index in [4.69, 9.17) is 9.63 Å². The standard InChI is InChI=1S/C8H10N2O3/c11-8(12)6-5-7(13-9-6)10-3-1-2-4-10/h5H,1-4H2,(H,11,12). The number of carbonyl (C=O) groups is 1. The van der Waals surface area contributed by atoms with E-state index in [1.165, 1.54) is 6.07 Å². The number of aromatic carboxylic acids is 1. The maximum absolute atomic E-state index is 10.5. The number of aromatic nitrogens is 1. The van der Waals surface area contributed by atoms with E-state index in [1.807, 2.05) is 4.90 Å². The first-order chi connectivity index (χ1) is 6.27. The van der Waals surface area contributed by atoms with Crippen LogP contribution in [0, 0.1) is 0 Å². The monoisotopic (exact) mass is 182 g/mol. The van der Waals surface area contributed by atoms with Gasteiger partial charge in [0.15, 0.2) is 5.69 Å². The highest BCUT2D eigenvalue weighted by Crippen LogP contribution is 2.20. The van der Waals surface area contributed by atoms with E-state index in [2.05, 4.69) is 5.16 Å². The van der Waals surface area contributed by atoms with Crippen LogP contribution in [0.15, 0.2) is 10.6 Å². The van der Waals surface area contributed by atoms with Gasteiger partial charge in [-0.15, -0.1) is 0 Å². The minimum absolute atomic E-state index is 0.0260. The first kappa shape index (κ1) is 8.10. The topological polar surface area (TPSA) is 66.6 Å². The summed E-state index contributed by atoms with van der Waals surface area (Å²) >= 11 is 0. The van der Waals surface area contributed by atoms with E-state index < -0.39 is 5.97 Å². The summed E-state index contributed by atoms with van der Waals surface area (Å²) in [7, 11) is 0. The lowest BCUT2D eigenvalue weighted by atomic mass is 10.4. The van der Waals surface area contributed by atoms with Crippen molar-refractivity contribution in [1.82, 2.24) is 5.16 Å². The zero-order chi connectivity index (χ0) is 9.26. The van der Waals surface area contributed by atoms with Gasteiger partial charge in [0, 0.05) is 19.2 Å². The van der Waals surface area contributed by atoms with Gasteiger partial charge in [0.1, 0.15) is 0 Å². The SMILES string of the molecule is O=C(O)c1cc(N2CCCC2)on1. The molecule has 1 aromatic rings. The fraction of sp³-hybridized carbons (Fsp3) is 0.500. The molecule has 1 N–H and O–H groups in total. The molecule has 0 unspecified atom stereocenters. The van der Waals surface area contributed by atoms with Crippen LogP contribution < -0.4 is 4.90 Å². The highest BCUT2D eigenvalue weighted by Gasteiger charge is 2.18. The summed E-state index contributed by atoms with van der Waals surface area (Å²) in [6, 6.07) is 1.47. The molecule has 2 rings (SSSR count). The molecule has 0 saturated carbocycles. The molecule has 2 heterocycles. The molecular weight excluding hydrogens is 172 g/mol. The van der Waals surface area contributed by atoms with Crippen molar-refractivity contribution in [2.24, 2.45) is 0 Å². The van der Waals surface area contributed by atoms with Gasteiger partial charge in [-0.1, -0.05) is 5.16 Å².